The minimum Gasteiger partial charge on any atom is -0.328 e. The van der Waals surface area contributed by atoms with Gasteiger partial charge in [-0.25, -0.2) is 0 Å². The zero-order chi connectivity index (χ0) is 12.8. The molecule has 1 rings (SSSR count). The van der Waals surface area contributed by atoms with E-state index >= 15 is 0 Å². The molecule has 1 aliphatic rings. The highest BCUT2D eigenvalue weighted by atomic mass is 15.2. The maximum Gasteiger partial charge on any atom is 0.00980 e. The Morgan fingerprint density at radius 1 is 1.12 bits per heavy atom. The molecule has 0 aromatic rings. The summed E-state index contributed by atoms with van der Waals surface area (Å²) >= 11 is 0. The van der Waals surface area contributed by atoms with E-state index in [1.54, 1.807) is 0 Å². The third-order valence-electron chi connectivity index (χ3n) is 4.04. The SMILES string of the molecule is CC(C)CCN(C(C)CC(C)N)C1CCCC1. The smallest absolute Gasteiger partial charge is 0.00980 e. The lowest BCUT2D eigenvalue weighted by molar-refractivity contribution is 0.127. The molecule has 0 saturated heterocycles. The minimum atomic E-state index is 0.327. The summed E-state index contributed by atoms with van der Waals surface area (Å²) in [6.45, 7) is 10.4. The van der Waals surface area contributed by atoms with Crippen molar-refractivity contribution in [2.24, 2.45) is 11.7 Å². The van der Waals surface area contributed by atoms with Crippen LogP contribution in [0.3, 0.4) is 0 Å². The largest absolute Gasteiger partial charge is 0.328 e. The molecule has 0 bridgehead atoms. The second kappa shape index (κ2) is 7.38. The van der Waals surface area contributed by atoms with Gasteiger partial charge in [-0.15, -0.1) is 0 Å². The van der Waals surface area contributed by atoms with Crippen LogP contribution in [0.2, 0.25) is 0 Å². The average molecular weight is 240 g/mol. The van der Waals surface area contributed by atoms with Gasteiger partial charge < -0.3 is 5.73 Å². The highest BCUT2D eigenvalue weighted by Crippen LogP contribution is 2.26. The molecule has 0 amide bonds. The van der Waals surface area contributed by atoms with E-state index in [1.165, 1.54) is 38.6 Å². The summed E-state index contributed by atoms with van der Waals surface area (Å²) in [7, 11) is 0. The van der Waals surface area contributed by atoms with Gasteiger partial charge in [-0.05, 0) is 52.0 Å². The molecule has 17 heavy (non-hydrogen) atoms. The van der Waals surface area contributed by atoms with Crippen LogP contribution in [0, 0.1) is 5.92 Å². The molecule has 2 nitrogen and oxygen atoms in total. The molecule has 1 fully saturated rings. The normalized spacial score (nSPS) is 21.4. The maximum absolute atomic E-state index is 5.96. The van der Waals surface area contributed by atoms with Gasteiger partial charge in [-0.1, -0.05) is 26.7 Å². The molecule has 0 aromatic heterocycles. The fourth-order valence-corrected chi connectivity index (χ4v) is 3.08. The fourth-order valence-electron chi connectivity index (χ4n) is 3.08. The maximum atomic E-state index is 5.96. The topological polar surface area (TPSA) is 29.3 Å². The second-order valence-corrected chi connectivity index (χ2v) is 6.42. The van der Waals surface area contributed by atoms with Crippen molar-refractivity contribution in [3.63, 3.8) is 0 Å². The third kappa shape index (κ3) is 5.39. The van der Waals surface area contributed by atoms with Crippen molar-refractivity contribution >= 4 is 0 Å². The predicted octanol–water partition coefficient (Wildman–Crippen LogP) is 3.40. The van der Waals surface area contributed by atoms with Crippen LogP contribution in [0.15, 0.2) is 0 Å². The Bertz CT molecular complexity index is 195. The molecule has 0 aromatic carbocycles. The second-order valence-electron chi connectivity index (χ2n) is 6.42. The number of nitrogens with two attached hydrogens (primary N) is 1. The molecule has 1 aliphatic carbocycles. The van der Waals surface area contributed by atoms with Crippen LogP contribution in [-0.2, 0) is 0 Å². The highest BCUT2D eigenvalue weighted by Gasteiger charge is 2.26. The van der Waals surface area contributed by atoms with Crippen molar-refractivity contribution < 1.29 is 0 Å². The Balaban J connectivity index is 2.50. The van der Waals surface area contributed by atoms with Crippen molar-refractivity contribution in [1.29, 1.82) is 0 Å². The van der Waals surface area contributed by atoms with Gasteiger partial charge in [0.15, 0.2) is 0 Å². The molecular formula is C15H32N2. The molecule has 2 heteroatoms. The zero-order valence-corrected chi connectivity index (χ0v) is 12.3. The van der Waals surface area contributed by atoms with Crippen LogP contribution in [0.4, 0.5) is 0 Å². The summed E-state index contributed by atoms with van der Waals surface area (Å²) < 4.78 is 0. The number of rotatable bonds is 7. The molecular weight excluding hydrogens is 208 g/mol. The van der Waals surface area contributed by atoms with E-state index in [1.807, 2.05) is 0 Å². The Morgan fingerprint density at radius 2 is 1.71 bits per heavy atom. The van der Waals surface area contributed by atoms with Crippen LogP contribution < -0.4 is 5.73 Å². The summed E-state index contributed by atoms with van der Waals surface area (Å²) in [6.07, 6.45) is 8.11. The first-order valence-electron chi connectivity index (χ1n) is 7.52. The molecule has 0 aliphatic heterocycles. The van der Waals surface area contributed by atoms with E-state index in [4.69, 9.17) is 5.73 Å². The summed E-state index contributed by atoms with van der Waals surface area (Å²) in [4.78, 5) is 2.75. The molecule has 0 heterocycles. The Morgan fingerprint density at radius 3 is 2.18 bits per heavy atom. The van der Waals surface area contributed by atoms with E-state index in [0.717, 1.165) is 18.4 Å². The Labute approximate surface area is 108 Å². The van der Waals surface area contributed by atoms with E-state index in [-0.39, 0.29) is 0 Å². The monoisotopic (exact) mass is 240 g/mol. The quantitative estimate of drug-likeness (QED) is 0.739. The third-order valence-corrected chi connectivity index (χ3v) is 4.04. The van der Waals surface area contributed by atoms with Crippen molar-refractivity contribution in [2.45, 2.75) is 84.3 Å². The van der Waals surface area contributed by atoms with Gasteiger partial charge in [0.25, 0.3) is 0 Å². The lowest BCUT2D eigenvalue weighted by atomic mass is 10.0. The van der Waals surface area contributed by atoms with Crippen molar-refractivity contribution in [1.82, 2.24) is 4.90 Å². The number of nitrogens with zero attached hydrogens (tertiary/aromatic N) is 1. The Hall–Kier alpha value is -0.0800. The van der Waals surface area contributed by atoms with Crippen molar-refractivity contribution in [3.05, 3.63) is 0 Å². The first-order chi connectivity index (χ1) is 8.00. The fraction of sp³-hybridized carbons (Fsp3) is 1.00. The van der Waals surface area contributed by atoms with Crippen LogP contribution >= 0.6 is 0 Å². The Kier molecular flexibility index (Phi) is 6.50. The van der Waals surface area contributed by atoms with Gasteiger partial charge in [0.1, 0.15) is 0 Å². The van der Waals surface area contributed by atoms with Gasteiger partial charge in [0.05, 0.1) is 0 Å². The van der Waals surface area contributed by atoms with Crippen LogP contribution in [0.1, 0.15) is 66.2 Å². The first kappa shape index (κ1) is 15.0. The zero-order valence-electron chi connectivity index (χ0n) is 12.3. The standard InChI is InChI=1S/C15H32N2/c1-12(2)9-10-17(14(4)11-13(3)16)15-7-5-6-8-15/h12-15H,5-11,16H2,1-4H3. The van der Waals surface area contributed by atoms with E-state index in [0.29, 0.717) is 12.1 Å². The van der Waals surface area contributed by atoms with E-state index in [9.17, 15) is 0 Å². The van der Waals surface area contributed by atoms with Gasteiger partial charge >= 0.3 is 0 Å². The van der Waals surface area contributed by atoms with Crippen molar-refractivity contribution in [3.8, 4) is 0 Å². The lowest BCUT2D eigenvalue weighted by Gasteiger charge is -2.36. The molecule has 0 radical (unpaired) electrons. The average Bonchev–Trinajstić information content (AvgIpc) is 2.69. The minimum absolute atomic E-state index is 0.327. The molecule has 2 unspecified atom stereocenters. The first-order valence-corrected chi connectivity index (χ1v) is 7.52. The predicted molar refractivity (Wildman–Crippen MR) is 76.1 cm³/mol. The summed E-state index contributed by atoms with van der Waals surface area (Å²) in [5.74, 6) is 0.807. The molecule has 2 N–H and O–H groups in total. The van der Waals surface area contributed by atoms with Crippen LogP contribution in [0.5, 0.6) is 0 Å². The molecule has 2 atom stereocenters. The molecule has 102 valence electrons. The van der Waals surface area contributed by atoms with Crippen LogP contribution in [0.25, 0.3) is 0 Å². The number of hydrogen-bond acceptors (Lipinski definition) is 2. The van der Waals surface area contributed by atoms with Gasteiger partial charge in [0.2, 0.25) is 0 Å². The highest BCUT2D eigenvalue weighted by molar-refractivity contribution is 4.82. The molecule has 0 spiro atoms. The van der Waals surface area contributed by atoms with Gasteiger partial charge in [0, 0.05) is 18.1 Å². The van der Waals surface area contributed by atoms with Gasteiger partial charge in [-0.3, -0.25) is 4.90 Å². The number of hydrogen-bond donors (Lipinski definition) is 1. The summed E-state index contributed by atoms with van der Waals surface area (Å²) in [5, 5.41) is 0. The van der Waals surface area contributed by atoms with Crippen LogP contribution in [-0.4, -0.2) is 29.6 Å². The van der Waals surface area contributed by atoms with E-state index < -0.39 is 0 Å². The lowest BCUT2D eigenvalue weighted by Crippen LogP contribution is -2.43. The van der Waals surface area contributed by atoms with Gasteiger partial charge in [-0.2, -0.15) is 0 Å². The van der Waals surface area contributed by atoms with Crippen molar-refractivity contribution in [2.75, 3.05) is 6.54 Å². The van der Waals surface area contributed by atoms with E-state index in [2.05, 4.69) is 32.6 Å². The molecule has 1 saturated carbocycles. The summed E-state index contributed by atoms with van der Waals surface area (Å²) in [6, 6.07) is 1.81. The summed E-state index contributed by atoms with van der Waals surface area (Å²) in [5.41, 5.74) is 5.96.